The van der Waals surface area contributed by atoms with Crippen LogP contribution < -0.4 is 0 Å². The Kier molecular flexibility index (Phi) is 2.86. The summed E-state index contributed by atoms with van der Waals surface area (Å²) in [6.07, 6.45) is 3.72. The lowest BCUT2D eigenvalue weighted by Crippen LogP contribution is -2.00. The predicted octanol–water partition coefficient (Wildman–Crippen LogP) is 3.37. The number of phenols is 1. The molecule has 0 saturated carbocycles. The van der Waals surface area contributed by atoms with Gasteiger partial charge in [-0.2, -0.15) is 0 Å². The molecule has 0 atom stereocenters. The molecule has 90 valence electrons. The smallest absolute Gasteiger partial charge is 0.150 e. The van der Waals surface area contributed by atoms with Crippen molar-refractivity contribution in [1.29, 1.82) is 0 Å². The van der Waals surface area contributed by atoms with Crippen molar-refractivity contribution >= 4 is 11.3 Å². The van der Waals surface area contributed by atoms with E-state index < -0.39 is 0 Å². The molecule has 3 aromatic rings. The summed E-state index contributed by atoms with van der Waals surface area (Å²) < 4.78 is 2.04. The van der Waals surface area contributed by atoms with Crippen molar-refractivity contribution < 1.29 is 5.11 Å². The number of aromatic nitrogens is 2. The van der Waals surface area contributed by atoms with Crippen LogP contribution in [0.5, 0.6) is 5.75 Å². The van der Waals surface area contributed by atoms with Crippen LogP contribution in [-0.2, 0) is 6.54 Å². The van der Waals surface area contributed by atoms with E-state index in [0.29, 0.717) is 12.3 Å². The SMILES string of the molecule is Oc1ccccc1Cn1ccnc1-c1cccs1. The molecule has 2 heterocycles. The highest BCUT2D eigenvalue weighted by atomic mass is 32.1. The highest BCUT2D eigenvalue weighted by molar-refractivity contribution is 7.13. The van der Waals surface area contributed by atoms with E-state index in [1.165, 1.54) is 0 Å². The topological polar surface area (TPSA) is 38.0 Å². The van der Waals surface area contributed by atoms with Crippen molar-refractivity contribution in [2.75, 3.05) is 0 Å². The number of thiophene rings is 1. The Bertz CT molecular complexity index is 643. The largest absolute Gasteiger partial charge is 0.508 e. The predicted molar refractivity (Wildman–Crippen MR) is 72.7 cm³/mol. The number of hydrogen-bond acceptors (Lipinski definition) is 3. The molecule has 0 aliphatic rings. The molecule has 1 aromatic carbocycles. The van der Waals surface area contributed by atoms with Crippen LogP contribution in [0.3, 0.4) is 0 Å². The van der Waals surface area contributed by atoms with Gasteiger partial charge < -0.3 is 9.67 Å². The summed E-state index contributed by atoms with van der Waals surface area (Å²) in [5, 5.41) is 11.8. The van der Waals surface area contributed by atoms with Crippen LogP contribution in [0.25, 0.3) is 10.7 Å². The minimum atomic E-state index is 0.323. The molecule has 0 radical (unpaired) electrons. The number of aromatic hydroxyl groups is 1. The minimum Gasteiger partial charge on any atom is -0.508 e. The second-order valence-electron chi connectivity index (χ2n) is 3.98. The normalized spacial score (nSPS) is 10.7. The molecular formula is C14H12N2OS. The third-order valence-electron chi connectivity index (χ3n) is 2.79. The Morgan fingerprint density at radius 3 is 2.83 bits per heavy atom. The zero-order valence-corrected chi connectivity index (χ0v) is 10.5. The molecule has 18 heavy (non-hydrogen) atoms. The summed E-state index contributed by atoms with van der Waals surface area (Å²) >= 11 is 1.66. The van der Waals surface area contributed by atoms with Gasteiger partial charge in [-0.05, 0) is 17.5 Å². The molecule has 0 bridgehead atoms. The van der Waals surface area contributed by atoms with Crippen LogP contribution in [-0.4, -0.2) is 14.7 Å². The van der Waals surface area contributed by atoms with Gasteiger partial charge in [-0.25, -0.2) is 4.98 Å². The van der Waals surface area contributed by atoms with Crippen LogP contribution in [0.4, 0.5) is 0 Å². The van der Waals surface area contributed by atoms with Crippen LogP contribution in [0, 0.1) is 0 Å². The van der Waals surface area contributed by atoms with E-state index in [2.05, 4.69) is 4.98 Å². The summed E-state index contributed by atoms with van der Waals surface area (Å²) in [5.74, 6) is 1.26. The number of phenolic OH excluding ortho intramolecular Hbond substituents is 1. The van der Waals surface area contributed by atoms with Crippen LogP contribution >= 0.6 is 11.3 Å². The van der Waals surface area contributed by atoms with Gasteiger partial charge in [0, 0.05) is 18.0 Å². The molecule has 0 fully saturated rings. The van der Waals surface area contributed by atoms with E-state index in [-0.39, 0.29) is 0 Å². The van der Waals surface area contributed by atoms with E-state index in [1.54, 1.807) is 23.6 Å². The van der Waals surface area contributed by atoms with Gasteiger partial charge in [-0.1, -0.05) is 24.3 Å². The van der Waals surface area contributed by atoms with Gasteiger partial charge in [-0.3, -0.25) is 0 Å². The summed E-state index contributed by atoms with van der Waals surface area (Å²) in [5.41, 5.74) is 0.897. The lowest BCUT2D eigenvalue weighted by Gasteiger charge is -2.08. The number of rotatable bonds is 3. The Morgan fingerprint density at radius 2 is 2.06 bits per heavy atom. The molecule has 0 amide bonds. The second kappa shape index (κ2) is 4.66. The van der Waals surface area contributed by atoms with E-state index in [4.69, 9.17) is 0 Å². The van der Waals surface area contributed by atoms with Gasteiger partial charge in [-0.15, -0.1) is 11.3 Å². The Balaban J connectivity index is 1.95. The zero-order chi connectivity index (χ0) is 12.4. The van der Waals surface area contributed by atoms with E-state index >= 15 is 0 Å². The first-order valence-corrected chi connectivity index (χ1v) is 6.54. The Morgan fingerprint density at radius 1 is 1.17 bits per heavy atom. The highest BCUT2D eigenvalue weighted by Crippen LogP contribution is 2.25. The number of imidazole rings is 1. The maximum Gasteiger partial charge on any atom is 0.150 e. The molecule has 0 aliphatic carbocycles. The molecule has 0 aliphatic heterocycles. The van der Waals surface area contributed by atoms with Crippen molar-refractivity contribution in [1.82, 2.24) is 9.55 Å². The number of nitrogens with zero attached hydrogens (tertiary/aromatic N) is 2. The molecule has 2 aromatic heterocycles. The van der Waals surface area contributed by atoms with Gasteiger partial charge >= 0.3 is 0 Å². The average molecular weight is 256 g/mol. The summed E-state index contributed by atoms with van der Waals surface area (Å²) in [4.78, 5) is 5.51. The Labute approximate surface area is 109 Å². The zero-order valence-electron chi connectivity index (χ0n) is 9.65. The number of para-hydroxylation sites is 1. The quantitative estimate of drug-likeness (QED) is 0.780. The van der Waals surface area contributed by atoms with Gasteiger partial charge in [0.2, 0.25) is 0 Å². The van der Waals surface area contributed by atoms with E-state index in [0.717, 1.165) is 16.3 Å². The average Bonchev–Trinajstić information content (AvgIpc) is 3.02. The standard InChI is InChI=1S/C14H12N2OS/c17-12-5-2-1-4-11(12)10-16-8-7-15-14(16)13-6-3-9-18-13/h1-9,17H,10H2. The van der Waals surface area contributed by atoms with Crippen molar-refractivity contribution in [3.05, 3.63) is 59.7 Å². The fraction of sp³-hybridized carbons (Fsp3) is 0.0714. The van der Waals surface area contributed by atoms with Crippen molar-refractivity contribution in [2.24, 2.45) is 0 Å². The fourth-order valence-electron chi connectivity index (χ4n) is 1.90. The Hall–Kier alpha value is -2.07. The first kappa shape index (κ1) is 11.0. The molecule has 0 saturated heterocycles. The molecule has 4 heteroatoms. The van der Waals surface area contributed by atoms with E-state index in [9.17, 15) is 5.11 Å². The van der Waals surface area contributed by atoms with E-state index in [1.807, 2.05) is 46.5 Å². The minimum absolute atomic E-state index is 0.323. The summed E-state index contributed by atoms with van der Waals surface area (Å²) in [6, 6.07) is 11.4. The van der Waals surface area contributed by atoms with Crippen molar-refractivity contribution in [3.63, 3.8) is 0 Å². The summed E-state index contributed by atoms with van der Waals surface area (Å²) in [7, 11) is 0. The molecule has 3 rings (SSSR count). The highest BCUT2D eigenvalue weighted by Gasteiger charge is 2.08. The fourth-order valence-corrected chi connectivity index (χ4v) is 2.63. The first-order valence-electron chi connectivity index (χ1n) is 5.66. The lowest BCUT2D eigenvalue weighted by molar-refractivity contribution is 0.466. The first-order chi connectivity index (χ1) is 8.84. The van der Waals surface area contributed by atoms with Crippen LogP contribution in [0.1, 0.15) is 5.56 Å². The lowest BCUT2D eigenvalue weighted by atomic mass is 10.2. The van der Waals surface area contributed by atoms with Crippen LogP contribution in [0.15, 0.2) is 54.2 Å². The summed E-state index contributed by atoms with van der Waals surface area (Å²) in [6.45, 7) is 0.625. The third-order valence-corrected chi connectivity index (χ3v) is 3.66. The van der Waals surface area contributed by atoms with Gasteiger partial charge in [0.1, 0.15) is 11.6 Å². The second-order valence-corrected chi connectivity index (χ2v) is 4.93. The van der Waals surface area contributed by atoms with Gasteiger partial charge in [0.15, 0.2) is 0 Å². The number of hydrogen-bond donors (Lipinski definition) is 1. The van der Waals surface area contributed by atoms with Gasteiger partial charge in [0.05, 0.1) is 11.4 Å². The van der Waals surface area contributed by atoms with Crippen LogP contribution in [0.2, 0.25) is 0 Å². The van der Waals surface area contributed by atoms with Gasteiger partial charge in [0.25, 0.3) is 0 Å². The molecular weight excluding hydrogens is 244 g/mol. The molecule has 0 spiro atoms. The molecule has 3 nitrogen and oxygen atoms in total. The maximum atomic E-state index is 9.80. The van der Waals surface area contributed by atoms with Crippen molar-refractivity contribution in [3.8, 4) is 16.5 Å². The molecule has 0 unspecified atom stereocenters. The number of benzene rings is 1. The van der Waals surface area contributed by atoms with Crippen molar-refractivity contribution in [2.45, 2.75) is 6.54 Å². The monoisotopic (exact) mass is 256 g/mol. The molecule has 1 N–H and O–H groups in total. The maximum absolute atomic E-state index is 9.80. The third kappa shape index (κ3) is 2.02.